The van der Waals surface area contributed by atoms with Gasteiger partial charge in [0, 0.05) is 79.2 Å². The van der Waals surface area contributed by atoms with Crippen molar-refractivity contribution in [2.24, 2.45) is 0 Å². The van der Waals surface area contributed by atoms with Crippen LogP contribution in [0.5, 0.6) is 0 Å². The van der Waals surface area contributed by atoms with Gasteiger partial charge in [-0.3, -0.25) is 36.9 Å². The van der Waals surface area contributed by atoms with Gasteiger partial charge in [0.1, 0.15) is 97.6 Å². The Bertz CT molecular complexity index is 4150. The normalized spacial score (nSPS) is 36.1. The Labute approximate surface area is 700 Å². The molecule has 0 aromatic rings. The Hall–Kier alpha value is -3.96. The fourth-order valence-electron chi connectivity index (χ4n) is 15.2. The average Bonchev–Trinajstić information content (AvgIpc) is 0.861. The van der Waals surface area contributed by atoms with Gasteiger partial charge in [0.2, 0.25) is 17.4 Å². The molecule has 59 heteroatoms. The molecule has 28 atom stereocenters. The van der Waals surface area contributed by atoms with Gasteiger partial charge in [-0.25, -0.2) is 39.5 Å². The third-order valence-electron chi connectivity index (χ3n) is 20.7. The maximum Gasteiger partial charge on any atom is 0.397 e. The van der Waals surface area contributed by atoms with Crippen LogP contribution in [0.25, 0.3) is 0 Å². The van der Waals surface area contributed by atoms with Crippen LogP contribution in [0.1, 0.15) is 104 Å². The number of carbonyl (C=O) groups is 5. The van der Waals surface area contributed by atoms with Crippen molar-refractivity contribution < 1.29 is 218 Å². The highest BCUT2D eigenvalue weighted by Crippen LogP contribution is 2.48. The number of ether oxygens (including phenoxy) is 17. The summed E-state index contributed by atoms with van der Waals surface area (Å²) in [7, 11) is -30.0. The maximum absolute atomic E-state index is 14.5. The molecule has 0 radical (unpaired) electrons. The average molecular weight is 1900 g/mol. The van der Waals surface area contributed by atoms with Crippen LogP contribution in [0.15, 0.2) is 0 Å². The zero-order valence-electron chi connectivity index (χ0n) is 66.1. The Morgan fingerprint density at radius 1 is 0.488 bits per heavy atom. The largest absolute Gasteiger partial charge is 0.479 e. The van der Waals surface area contributed by atoms with Gasteiger partial charge in [-0.2, -0.15) is 62.3 Å². The molecule has 0 aliphatic carbocycles. The molecule has 0 aromatic carbocycles. The van der Waals surface area contributed by atoms with Crippen molar-refractivity contribution in [2.75, 3.05) is 87.5 Å². The first-order valence-corrected chi connectivity index (χ1v) is 46.9. The van der Waals surface area contributed by atoms with Gasteiger partial charge in [-0.05, 0) is 44.9 Å². The Balaban J connectivity index is 1.12. The third-order valence-corrected chi connectivity index (χ3v) is 24.9. The zero-order chi connectivity index (χ0) is 89.5. The molecule has 4 unspecified atom stereocenters. The highest BCUT2D eigenvalue weighted by molar-refractivity contribution is 8.00. The Kier molecular flexibility index (Phi) is 37.6. The predicted molar refractivity (Wildman–Crippen MR) is 395 cm³/mol. The summed E-state index contributed by atoms with van der Waals surface area (Å²) in [6, 6.07) is -1.76. The molecule has 121 heavy (non-hydrogen) atoms. The van der Waals surface area contributed by atoms with Gasteiger partial charge in [-0.1, -0.05) is 46.5 Å². The summed E-state index contributed by atoms with van der Waals surface area (Å²) in [5, 5.41) is 34.6. The summed E-state index contributed by atoms with van der Waals surface area (Å²) >= 11 is 1.76. The van der Waals surface area contributed by atoms with Gasteiger partial charge in [0.05, 0.1) is 38.5 Å². The zero-order valence-corrected chi connectivity index (χ0v) is 71.8. The summed E-state index contributed by atoms with van der Waals surface area (Å²) in [4.78, 5) is 67.5. The van der Waals surface area contributed by atoms with Gasteiger partial charge < -0.3 is 112 Å². The second kappa shape index (κ2) is 44.4. The molecule has 52 nitrogen and oxygen atoms in total. The van der Waals surface area contributed by atoms with Crippen LogP contribution in [-0.4, -0.2) is 375 Å². The molecule has 9 saturated heterocycles. The minimum absolute atomic E-state index is 0.0216. The number of hydrogen-bond donors (Lipinski definition) is 12. The monoisotopic (exact) mass is 1900 g/mol. The molecule has 9 fully saturated rings. The quantitative estimate of drug-likeness (QED) is 0.0163. The molecule has 702 valence electrons. The van der Waals surface area contributed by atoms with E-state index in [1.54, 1.807) is 18.7 Å². The topological polar surface area (TPSA) is 712 Å². The molecule has 9 aliphatic heterocycles. The van der Waals surface area contributed by atoms with Gasteiger partial charge in [-0.15, -0.1) is 0 Å². The Morgan fingerprint density at radius 2 is 0.992 bits per heavy atom. The molecule has 2 bridgehead atoms. The molecular formula is C62H104N4O48S7. The van der Waals surface area contributed by atoms with Crippen LogP contribution < -0.4 is 21.3 Å². The number of aliphatic carboxylic acids is 2. The van der Waals surface area contributed by atoms with E-state index in [-0.39, 0.29) is 68.3 Å². The maximum atomic E-state index is 14.5. The molecule has 0 aromatic heterocycles. The van der Waals surface area contributed by atoms with Crippen molar-refractivity contribution in [3.8, 4) is 0 Å². The number of unbranched alkanes of at least 4 members (excludes halogenated alkanes) is 5. The second-order valence-corrected chi connectivity index (χ2v) is 36.3. The highest BCUT2D eigenvalue weighted by Gasteiger charge is 2.70. The number of amides is 4. The van der Waals surface area contributed by atoms with Crippen molar-refractivity contribution in [3.63, 3.8) is 0 Å². The first-order valence-electron chi connectivity index (χ1n) is 37.7. The van der Waals surface area contributed by atoms with Crippen LogP contribution in [0.2, 0.25) is 0 Å². The van der Waals surface area contributed by atoms with E-state index in [2.05, 4.69) is 29.6 Å². The number of carboxylic acids is 2. The lowest BCUT2D eigenvalue weighted by atomic mass is 9.83. The lowest BCUT2D eigenvalue weighted by molar-refractivity contribution is -0.429. The molecule has 9 aliphatic rings. The number of hydrogen-bond acceptors (Lipinski definition) is 41. The van der Waals surface area contributed by atoms with Gasteiger partial charge in [0.25, 0.3) is 0 Å². The van der Waals surface area contributed by atoms with E-state index in [1.165, 1.54) is 6.92 Å². The molecule has 12 N–H and O–H groups in total. The van der Waals surface area contributed by atoms with Crippen LogP contribution in [0, 0.1) is 0 Å². The number of methoxy groups -OCH3 is 5. The van der Waals surface area contributed by atoms with E-state index in [4.69, 9.17) is 97.3 Å². The van der Waals surface area contributed by atoms with E-state index in [0.29, 0.717) is 44.9 Å². The van der Waals surface area contributed by atoms with Crippen LogP contribution in [0.3, 0.4) is 0 Å². The molecule has 9 rings (SSSR count). The first kappa shape index (κ1) is 102. The van der Waals surface area contributed by atoms with Crippen LogP contribution in [0.4, 0.5) is 4.79 Å². The summed E-state index contributed by atoms with van der Waals surface area (Å²) < 4.78 is 342. The third kappa shape index (κ3) is 27.8. The van der Waals surface area contributed by atoms with E-state index in [9.17, 15) is 112 Å². The minimum atomic E-state index is -6.23. The number of fused-ring (bicyclic) bond motifs is 4. The van der Waals surface area contributed by atoms with E-state index in [0.717, 1.165) is 54.1 Å². The number of carboxylic acid groups (broad SMARTS) is 2. The van der Waals surface area contributed by atoms with Crippen molar-refractivity contribution in [1.29, 1.82) is 0 Å². The molecule has 0 saturated carbocycles. The fraction of sp³-hybridized carbons (Fsp3) is 0.919. The SMILES string of the molecule is CCCCO[C@@H]1[C@@H](NC(=O)CCCCCNC(=O)CCCCC2SCC3NC(=O)NC32)[C@H](O[C@H]2[C@H](OC)[C@@H](OC)[C@H](O[C@H]3[C@H](OS(=O)(=O)O)[C@@H](OS(=O)(=O)O)[C@@H](O[C@H]4[C@H](OC)[C@H]5OC[C@]4(C(=O)O)OC5O[C@H]4[C@H](OC)[C@@H](OS(=O)(=O)O)[C@@H](OC)O[C@@H]4COS(=O)(=O)O)O[C@@H]3COS(=O)(=O)O)O[C@]2(CC)C(=O)O)O[C@H](COS(=O)(=O)O)[C@H]1OCCCC. The number of nitrogens with one attached hydrogen (secondary N) is 4. The standard InChI is InChI=1S/C62H104N4O48S7/c1-9-12-23-97-39-31(25-100-116(74,75)76)103-53(38(42(39)98-24-13-10-2)65-36(68)21-15-14-18-22-63-35(67)20-17-16-19-34-37-30(28-115-34)64-60(73)66-37)108-51-45(93-5)47(95-7)56(110-61(51,11-3)58(69)70)107-41-33(27-102-118(80,81)82)105-55(50(114-121(89,90)91)44(41)112-119(83,84)85)109-52-46(94-6)48-57(111-62(52,29-99-48)59(71)72)106-40-32(26-101-117(77,78)79)104-54(96-8)49(43(40)92-4)113-120(86,87)88/h30-34,37-57H,9-29H2,1-8H3,(H,63,67)(H,65,68)(H,69,70)(H,71,72)(H2,64,66,73)(H,74,75,76)(H,77,78,79)(H,80,81,82)(H,83,84,85)(H,86,87,88)(H,89,90,91)/t30?,31-,32-,33-,34?,37?,38-,39-,40-,41-,42-,43+,44+,45-,46-,47-,48-,49-,50-,51+,52+,53+,54+,55-,56-,57?,61+,62+/m1/s1. The van der Waals surface area contributed by atoms with Gasteiger partial charge in [0.15, 0.2) is 49.3 Å². The lowest BCUT2D eigenvalue weighted by Crippen LogP contribution is -2.78. The van der Waals surface area contributed by atoms with Crippen LogP contribution >= 0.6 is 11.8 Å². The molecular weight excluding hydrogens is 1790 g/mol. The first-order chi connectivity index (χ1) is 56.7. The van der Waals surface area contributed by atoms with E-state index in [1.807, 2.05) is 6.92 Å². The van der Waals surface area contributed by atoms with Crippen molar-refractivity contribution in [3.05, 3.63) is 0 Å². The van der Waals surface area contributed by atoms with Crippen molar-refractivity contribution in [1.82, 2.24) is 21.3 Å². The number of carbonyl (C=O) groups excluding carboxylic acids is 3. The molecule has 0 spiro atoms. The summed E-state index contributed by atoms with van der Waals surface area (Å²) in [6.45, 7) is -0.432. The van der Waals surface area contributed by atoms with E-state index < -0.39 is 266 Å². The van der Waals surface area contributed by atoms with Crippen molar-refractivity contribution in [2.45, 2.75) is 274 Å². The molecule has 4 amide bonds. The van der Waals surface area contributed by atoms with Gasteiger partial charge >= 0.3 is 80.4 Å². The second-order valence-electron chi connectivity index (χ2n) is 28.6. The fourth-order valence-corrected chi connectivity index (χ4v) is 19.1. The smallest absolute Gasteiger partial charge is 0.397 e. The number of thioether (sulfide) groups is 1. The lowest BCUT2D eigenvalue weighted by Gasteiger charge is -2.57. The Morgan fingerprint density at radius 3 is 1.52 bits per heavy atom. The predicted octanol–water partition coefficient (Wildman–Crippen LogP) is -3.14. The number of rotatable bonds is 51. The number of urea groups is 1. The summed E-state index contributed by atoms with van der Waals surface area (Å²) in [5.41, 5.74) is -6.25. The van der Waals surface area contributed by atoms with Crippen LogP contribution in [-0.2, 0) is 187 Å². The molecule has 9 heterocycles. The highest BCUT2D eigenvalue weighted by atomic mass is 32.3. The van der Waals surface area contributed by atoms with E-state index >= 15 is 0 Å². The van der Waals surface area contributed by atoms with Crippen molar-refractivity contribution >= 4 is 104 Å². The summed E-state index contributed by atoms with van der Waals surface area (Å²) in [6.07, 6.45) is -45.1. The summed E-state index contributed by atoms with van der Waals surface area (Å²) in [5.74, 6) is -4.29. The minimum Gasteiger partial charge on any atom is -0.479 e.